The van der Waals surface area contributed by atoms with Crippen LogP contribution in [0.5, 0.6) is 0 Å². The van der Waals surface area contributed by atoms with Crippen LogP contribution in [0.25, 0.3) is 0 Å². The van der Waals surface area contributed by atoms with Crippen molar-refractivity contribution in [2.75, 3.05) is 17.7 Å². The number of carbonyl (C=O) groups excluding carboxylic acids is 2. The monoisotopic (exact) mass is 400 g/mol. The number of anilines is 1. The van der Waals surface area contributed by atoms with Gasteiger partial charge in [0.1, 0.15) is 0 Å². The van der Waals surface area contributed by atoms with Gasteiger partial charge in [-0.1, -0.05) is 25.1 Å². The summed E-state index contributed by atoms with van der Waals surface area (Å²) in [5.41, 5.74) is 2.07. The molecule has 3 rings (SSSR count). The van der Waals surface area contributed by atoms with Gasteiger partial charge >= 0.3 is 0 Å². The molecule has 0 aromatic heterocycles. The Hall–Kier alpha value is -2.67. The highest BCUT2D eigenvalue weighted by molar-refractivity contribution is 7.90. The summed E-state index contributed by atoms with van der Waals surface area (Å²) >= 11 is 0. The number of benzene rings is 2. The lowest BCUT2D eigenvalue weighted by molar-refractivity contribution is -0.117. The fraction of sp³-hybridized carbons (Fsp3) is 0.333. The molecule has 2 aromatic carbocycles. The lowest BCUT2D eigenvalue weighted by Crippen LogP contribution is -2.29. The van der Waals surface area contributed by atoms with E-state index in [4.69, 9.17) is 0 Å². The van der Waals surface area contributed by atoms with Crippen LogP contribution in [0.1, 0.15) is 48.1 Å². The smallest absolute Gasteiger partial charge is 0.251 e. The van der Waals surface area contributed by atoms with Crippen LogP contribution in [0.4, 0.5) is 5.69 Å². The van der Waals surface area contributed by atoms with Gasteiger partial charge in [0.2, 0.25) is 5.91 Å². The highest BCUT2D eigenvalue weighted by Gasteiger charge is 2.23. The van der Waals surface area contributed by atoms with Crippen molar-refractivity contribution in [2.45, 2.75) is 37.1 Å². The van der Waals surface area contributed by atoms with Crippen molar-refractivity contribution in [3.63, 3.8) is 0 Å². The van der Waals surface area contributed by atoms with Crippen LogP contribution in [-0.2, 0) is 14.6 Å². The summed E-state index contributed by atoms with van der Waals surface area (Å²) in [6.45, 7) is 2.63. The third-order valence-corrected chi connectivity index (χ3v) is 6.05. The number of hydrogen-bond acceptors (Lipinski definition) is 4. The maximum atomic E-state index is 12.8. The molecule has 6 nitrogen and oxygen atoms in total. The van der Waals surface area contributed by atoms with Crippen LogP contribution in [-0.4, -0.2) is 33.0 Å². The van der Waals surface area contributed by atoms with Crippen LogP contribution in [0.2, 0.25) is 0 Å². The maximum absolute atomic E-state index is 12.8. The van der Waals surface area contributed by atoms with E-state index in [-0.39, 0.29) is 22.8 Å². The van der Waals surface area contributed by atoms with Crippen LogP contribution in [0.3, 0.4) is 0 Å². The Morgan fingerprint density at radius 2 is 1.89 bits per heavy atom. The van der Waals surface area contributed by atoms with E-state index >= 15 is 0 Å². The second kappa shape index (κ2) is 8.14. The molecular formula is C21H24N2O4S. The molecule has 0 aliphatic carbocycles. The second-order valence-corrected chi connectivity index (χ2v) is 8.99. The lowest BCUT2D eigenvalue weighted by Gasteiger charge is -2.19. The van der Waals surface area contributed by atoms with Crippen LogP contribution in [0.15, 0.2) is 53.4 Å². The molecule has 1 heterocycles. The van der Waals surface area contributed by atoms with Gasteiger partial charge in [0.15, 0.2) is 9.84 Å². The van der Waals surface area contributed by atoms with E-state index < -0.39 is 9.84 Å². The number of amides is 2. The normalized spacial score (nSPS) is 15.5. The molecule has 1 N–H and O–H groups in total. The van der Waals surface area contributed by atoms with Crippen molar-refractivity contribution in [1.82, 2.24) is 5.32 Å². The Bertz CT molecular complexity index is 984. The molecule has 0 radical (unpaired) electrons. The minimum atomic E-state index is -3.26. The first-order valence-electron chi connectivity index (χ1n) is 9.31. The Labute approximate surface area is 165 Å². The number of hydrogen-bond donors (Lipinski definition) is 1. The first-order valence-corrected chi connectivity index (χ1v) is 11.2. The van der Waals surface area contributed by atoms with E-state index in [1.165, 1.54) is 6.26 Å². The van der Waals surface area contributed by atoms with Gasteiger partial charge in [0.25, 0.3) is 5.91 Å². The highest BCUT2D eigenvalue weighted by atomic mass is 32.2. The predicted molar refractivity (Wildman–Crippen MR) is 108 cm³/mol. The van der Waals surface area contributed by atoms with E-state index in [0.717, 1.165) is 17.7 Å². The van der Waals surface area contributed by atoms with Gasteiger partial charge in [-0.3, -0.25) is 9.59 Å². The van der Waals surface area contributed by atoms with Crippen molar-refractivity contribution in [3.8, 4) is 0 Å². The first kappa shape index (κ1) is 20.1. The Kier molecular flexibility index (Phi) is 5.84. The van der Waals surface area contributed by atoms with Crippen LogP contribution >= 0.6 is 0 Å². The summed E-state index contributed by atoms with van der Waals surface area (Å²) in [4.78, 5) is 26.7. The summed E-state index contributed by atoms with van der Waals surface area (Å²) in [5, 5.41) is 2.99. The second-order valence-electron chi connectivity index (χ2n) is 6.97. The van der Waals surface area contributed by atoms with Gasteiger partial charge < -0.3 is 10.2 Å². The summed E-state index contributed by atoms with van der Waals surface area (Å²) in [7, 11) is -3.26. The van der Waals surface area contributed by atoms with Crippen LogP contribution in [0, 0.1) is 0 Å². The predicted octanol–water partition coefficient (Wildman–Crippen LogP) is 3.10. The minimum Gasteiger partial charge on any atom is -0.345 e. The molecule has 1 aliphatic heterocycles. The van der Waals surface area contributed by atoms with Crippen molar-refractivity contribution >= 4 is 27.3 Å². The summed E-state index contributed by atoms with van der Waals surface area (Å²) in [6, 6.07) is 13.4. The number of sulfone groups is 1. The van der Waals surface area contributed by atoms with E-state index in [9.17, 15) is 18.0 Å². The fourth-order valence-electron chi connectivity index (χ4n) is 3.35. The SMILES string of the molecule is CCC(NC(=O)c1cccc(N2CCCC2=O)c1)c1ccc(S(C)(=O)=O)cc1. The fourth-order valence-corrected chi connectivity index (χ4v) is 3.98. The minimum absolute atomic E-state index is 0.0787. The molecule has 1 fully saturated rings. The Balaban J connectivity index is 1.76. The Morgan fingerprint density at radius 1 is 1.18 bits per heavy atom. The number of nitrogens with one attached hydrogen (secondary N) is 1. The Morgan fingerprint density at radius 3 is 2.46 bits per heavy atom. The highest BCUT2D eigenvalue weighted by Crippen LogP contribution is 2.24. The van der Waals surface area contributed by atoms with Crippen molar-refractivity contribution in [2.24, 2.45) is 0 Å². The standard InChI is InChI=1S/C21H24N2O4S/c1-3-19(15-9-11-18(12-10-15)28(2,26)27)22-21(25)16-6-4-7-17(14-16)23-13-5-8-20(23)24/h4,6-7,9-12,14,19H,3,5,8,13H2,1-2H3,(H,22,25). The molecule has 0 bridgehead atoms. The molecule has 2 aromatic rings. The average Bonchev–Trinajstić information content (AvgIpc) is 3.11. The van der Waals surface area contributed by atoms with E-state index in [1.54, 1.807) is 47.4 Å². The molecule has 1 aliphatic rings. The number of rotatable bonds is 6. The van der Waals surface area contributed by atoms with Gasteiger partial charge in [-0.25, -0.2) is 8.42 Å². The average molecular weight is 401 g/mol. The zero-order valence-electron chi connectivity index (χ0n) is 16.0. The van der Waals surface area contributed by atoms with Gasteiger partial charge in [-0.05, 0) is 48.7 Å². The van der Waals surface area contributed by atoms with E-state index in [0.29, 0.717) is 24.9 Å². The zero-order chi connectivity index (χ0) is 20.3. The summed E-state index contributed by atoms with van der Waals surface area (Å²) in [5.74, 6) is -0.150. The molecule has 1 atom stereocenters. The van der Waals surface area contributed by atoms with Gasteiger partial charge in [0, 0.05) is 30.5 Å². The third kappa shape index (κ3) is 4.42. The molecule has 2 amide bonds. The quantitative estimate of drug-likeness (QED) is 0.808. The zero-order valence-corrected chi connectivity index (χ0v) is 16.8. The lowest BCUT2D eigenvalue weighted by atomic mass is 10.0. The van der Waals surface area contributed by atoms with Gasteiger partial charge in [0.05, 0.1) is 10.9 Å². The van der Waals surface area contributed by atoms with E-state index in [2.05, 4.69) is 5.32 Å². The molecule has 1 saturated heterocycles. The molecule has 148 valence electrons. The van der Waals surface area contributed by atoms with Gasteiger partial charge in [-0.15, -0.1) is 0 Å². The molecule has 1 unspecified atom stereocenters. The van der Waals surface area contributed by atoms with E-state index in [1.807, 2.05) is 13.0 Å². The number of carbonyl (C=O) groups is 2. The van der Waals surface area contributed by atoms with Gasteiger partial charge in [-0.2, -0.15) is 0 Å². The summed E-state index contributed by atoms with van der Waals surface area (Å²) in [6.07, 6.45) is 3.20. The largest absolute Gasteiger partial charge is 0.345 e. The van der Waals surface area contributed by atoms with Crippen LogP contribution < -0.4 is 10.2 Å². The molecule has 0 saturated carbocycles. The molecular weight excluding hydrogens is 376 g/mol. The maximum Gasteiger partial charge on any atom is 0.251 e. The summed E-state index contributed by atoms with van der Waals surface area (Å²) < 4.78 is 23.2. The third-order valence-electron chi connectivity index (χ3n) is 4.92. The van der Waals surface area contributed by atoms with Crippen molar-refractivity contribution in [1.29, 1.82) is 0 Å². The van der Waals surface area contributed by atoms with Crippen molar-refractivity contribution in [3.05, 3.63) is 59.7 Å². The number of nitrogens with zero attached hydrogens (tertiary/aromatic N) is 1. The molecule has 28 heavy (non-hydrogen) atoms. The van der Waals surface area contributed by atoms with Crippen molar-refractivity contribution < 1.29 is 18.0 Å². The topological polar surface area (TPSA) is 83.6 Å². The molecule has 0 spiro atoms. The first-order chi connectivity index (χ1) is 13.3. The molecule has 7 heteroatoms.